The molecule has 0 fully saturated rings. The lowest BCUT2D eigenvalue weighted by atomic mass is 10.2. The van der Waals surface area contributed by atoms with Crippen molar-refractivity contribution in [3.8, 4) is 11.5 Å². The van der Waals surface area contributed by atoms with Gasteiger partial charge in [0.2, 0.25) is 11.8 Å². The molecule has 1 atom stereocenters. The van der Waals surface area contributed by atoms with E-state index in [1.807, 2.05) is 48.5 Å². The lowest BCUT2D eigenvalue weighted by molar-refractivity contribution is -0.115. The molecule has 0 bridgehead atoms. The first-order chi connectivity index (χ1) is 12.0. The molecule has 1 N–H and O–H groups in total. The number of aromatic nitrogens is 2. The Morgan fingerprint density at radius 3 is 2.56 bits per heavy atom. The SMILES string of the molecule is CC(Sc1nnc(-c2ccccc2Br)o1)C(=O)Nc1ccc(Br)cc1. The fraction of sp³-hybridized carbons (Fsp3) is 0.118. The van der Waals surface area contributed by atoms with Crippen LogP contribution in [-0.2, 0) is 4.79 Å². The Labute approximate surface area is 165 Å². The summed E-state index contributed by atoms with van der Waals surface area (Å²) in [5, 5.41) is 10.9. The molecule has 1 amide bonds. The van der Waals surface area contributed by atoms with Crippen LogP contribution in [0.15, 0.2) is 67.1 Å². The van der Waals surface area contributed by atoms with Crippen molar-refractivity contribution in [2.45, 2.75) is 17.4 Å². The standard InChI is InChI=1S/C17H13Br2N3O2S/c1-10(15(23)20-12-8-6-11(18)7-9-12)25-17-22-21-16(24-17)13-4-2-3-5-14(13)19/h2-10H,1H3,(H,20,23). The fourth-order valence-electron chi connectivity index (χ4n) is 1.98. The molecule has 0 spiro atoms. The van der Waals surface area contributed by atoms with Crippen LogP contribution in [0.5, 0.6) is 0 Å². The summed E-state index contributed by atoms with van der Waals surface area (Å²) >= 11 is 8.04. The van der Waals surface area contributed by atoms with Crippen LogP contribution in [-0.4, -0.2) is 21.4 Å². The third-order valence-electron chi connectivity index (χ3n) is 3.27. The normalized spacial score (nSPS) is 12.0. The van der Waals surface area contributed by atoms with Gasteiger partial charge in [0.25, 0.3) is 5.22 Å². The Balaban J connectivity index is 1.65. The van der Waals surface area contributed by atoms with E-state index in [1.54, 1.807) is 6.92 Å². The highest BCUT2D eigenvalue weighted by Crippen LogP contribution is 2.30. The van der Waals surface area contributed by atoms with E-state index in [0.29, 0.717) is 11.1 Å². The van der Waals surface area contributed by atoms with Crippen LogP contribution in [0.2, 0.25) is 0 Å². The molecule has 2 aromatic carbocycles. The van der Waals surface area contributed by atoms with Gasteiger partial charge in [-0.1, -0.05) is 39.8 Å². The number of nitrogens with one attached hydrogen (secondary N) is 1. The molecule has 3 rings (SSSR count). The average molecular weight is 483 g/mol. The molecule has 0 aliphatic heterocycles. The second-order valence-corrected chi connectivity index (χ2v) is 8.17. The van der Waals surface area contributed by atoms with Gasteiger partial charge in [-0.2, -0.15) is 0 Å². The average Bonchev–Trinajstić information content (AvgIpc) is 3.05. The van der Waals surface area contributed by atoms with Crippen molar-refractivity contribution in [1.29, 1.82) is 0 Å². The second kappa shape index (κ2) is 8.16. The van der Waals surface area contributed by atoms with Gasteiger partial charge in [0, 0.05) is 14.6 Å². The Bertz CT molecular complexity index is 884. The molecule has 0 aliphatic carbocycles. The van der Waals surface area contributed by atoms with E-state index in [-0.39, 0.29) is 11.2 Å². The number of amides is 1. The van der Waals surface area contributed by atoms with E-state index in [9.17, 15) is 4.79 Å². The van der Waals surface area contributed by atoms with Crippen LogP contribution in [0.3, 0.4) is 0 Å². The zero-order valence-corrected chi connectivity index (χ0v) is 17.1. The monoisotopic (exact) mass is 481 g/mol. The molecule has 1 aromatic heterocycles. The van der Waals surface area contributed by atoms with Crippen molar-refractivity contribution in [2.24, 2.45) is 0 Å². The van der Waals surface area contributed by atoms with E-state index >= 15 is 0 Å². The molecule has 8 heteroatoms. The Morgan fingerprint density at radius 1 is 1.12 bits per heavy atom. The smallest absolute Gasteiger partial charge is 0.277 e. The summed E-state index contributed by atoms with van der Waals surface area (Å²) in [6.07, 6.45) is 0. The minimum atomic E-state index is -0.379. The summed E-state index contributed by atoms with van der Waals surface area (Å²) in [4.78, 5) is 12.3. The molecule has 0 saturated heterocycles. The van der Waals surface area contributed by atoms with Crippen molar-refractivity contribution >= 4 is 55.2 Å². The number of nitrogens with zero attached hydrogens (tertiary/aromatic N) is 2. The number of anilines is 1. The molecular weight excluding hydrogens is 470 g/mol. The summed E-state index contributed by atoms with van der Waals surface area (Å²) in [6, 6.07) is 15.0. The summed E-state index contributed by atoms with van der Waals surface area (Å²) in [7, 11) is 0. The van der Waals surface area contributed by atoms with Crippen molar-refractivity contribution in [3.63, 3.8) is 0 Å². The van der Waals surface area contributed by atoms with Crippen molar-refractivity contribution in [1.82, 2.24) is 10.2 Å². The number of hydrogen-bond donors (Lipinski definition) is 1. The van der Waals surface area contributed by atoms with Gasteiger partial charge < -0.3 is 9.73 Å². The lowest BCUT2D eigenvalue weighted by Crippen LogP contribution is -2.22. The van der Waals surface area contributed by atoms with Crippen LogP contribution in [0.1, 0.15) is 6.92 Å². The maximum absolute atomic E-state index is 12.3. The van der Waals surface area contributed by atoms with Gasteiger partial charge in [0.05, 0.1) is 10.8 Å². The van der Waals surface area contributed by atoms with Crippen LogP contribution in [0.25, 0.3) is 11.5 Å². The first kappa shape index (κ1) is 18.2. The number of carbonyl (C=O) groups is 1. The van der Waals surface area contributed by atoms with E-state index < -0.39 is 0 Å². The zero-order chi connectivity index (χ0) is 17.8. The highest BCUT2D eigenvalue weighted by atomic mass is 79.9. The zero-order valence-electron chi connectivity index (χ0n) is 13.1. The molecule has 0 aliphatic rings. The number of hydrogen-bond acceptors (Lipinski definition) is 5. The molecular formula is C17H13Br2N3O2S. The molecule has 1 unspecified atom stereocenters. The lowest BCUT2D eigenvalue weighted by Gasteiger charge is -2.09. The predicted octanol–water partition coefficient (Wildman–Crippen LogP) is 5.38. The van der Waals surface area contributed by atoms with Crippen LogP contribution < -0.4 is 5.32 Å². The van der Waals surface area contributed by atoms with Gasteiger partial charge in [-0.15, -0.1) is 10.2 Å². The van der Waals surface area contributed by atoms with Gasteiger partial charge in [-0.25, -0.2) is 0 Å². The fourth-order valence-corrected chi connectivity index (χ4v) is 3.38. The molecule has 5 nitrogen and oxygen atoms in total. The summed E-state index contributed by atoms with van der Waals surface area (Å²) in [5.41, 5.74) is 1.55. The first-order valence-electron chi connectivity index (χ1n) is 7.34. The molecule has 0 saturated carbocycles. The molecule has 0 radical (unpaired) electrons. The number of rotatable bonds is 5. The molecule has 3 aromatic rings. The number of halogens is 2. The topological polar surface area (TPSA) is 68.0 Å². The quantitative estimate of drug-likeness (QED) is 0.494. The van der Waals surface area contributed by atoms with Crippen molar-refractivity contribution < 1.29 is 9.21 Å². The van der Waals surface area contributed by atoms with Gasteiger partial charge in [0.1, 0.15) is 0 Å². The van der Waals surface area contributed by atoms with Gasteiger partial charge >= 0.3 is 0 Å². The van der Waals surface area contributed by atoms with E-state index in [2.05, 4.69) is 47.4 Å². The Kier molecular flexibility index (Phi) is 5.93. The largest absolute Gasteiger partial charge is 0.411 e. The maximum atomic E-state index is 12.3. The maximum Gasteiger partial charge on any atom is 0.277 e. The summed E-state index contributed by atoms with van der Waals surface area (Å²) in [5.74, 6) is 0.281. The van der Waals surface area contributed by atoms with Crippen LogP contribution in [0, 0.1) is 0 Å². The third-order valence-corrected chi connectivity index (χ3v) is 5.42. The number of benzene rings is 2. The Hall–Kier alpha value is -1.64. The van der Waals surface area contributed by atoms with Gasteiger partial charge in [0.15, 0.2) is 0 Å². The Morgan fingerprint density at radius 2 is 1.84 bits per heavy atom. The second-order valence-electron chi connectivity index (χ2n) is 5.11. The number of thioether (sulfide) groups is 1. The first-order valence-corrected chi connectivity index (χ1v) is 9.81. The van der Waals surface area contributed by atoms with Crippen molar-refractivity contribution in [3.05, 3.63) is 57.5 Å². The number of carbonyl (C=O) groups excluding carboxylic acids is 1. The minimum Gasteiger partial charge on any atom is -0.411 e. The minimum absolute atomic E-state index is 0.132. The van der Waals surface area contributed by atoms with Crippen molar-refractivity contribution in [2.75, 3.05) is 5.32 Å². The van der Waals surface area contributed by atoms with Gasteiger partial charge in [-0.3, -0.25) is 4.79 Å². The molecule has 128 valence electrons. The van der Waals surface area contributed by atoms with Crippen LogP contribution >= 0.6 is 43.6 Å². The molecule has 25 heavy (non-hydrogen) atoms. The van der Waals surface area contributed by atoms with E-state index in [0.717, 1.165) is 20.2 Å². The van der Waals surface area contributed by atoms with Gasteiger partial charge in [-0.05, 0) is 59.3 Å². The van der Waals surface area contributed by atoms with E-state index in [1.165, 1.54) is 11.8 Å². The van der Waals surface area contributed by atoms with Crippen LogP contribution in [0.4, 0.5) is 5.69 Å². The predicted molar refractivity (Wildman–Crippen MR) is 106 cm³/mol. The summed E-state index contributed by atoms with van der Waals surface area (Å²) < 4.78 is 7.49. The van der Waals surface area contributed by atoms with E-state index in [4.69, 9.17) is 4.42 Å². The highest BCUT2D eigenvalue weighted by Gasteiger charge is 2.19. The molecule has 1 heterocycles. The highest BCUT2D eigenvalue weighted by molar-refractivity contribution is 9.10. The summed E-state index contributed by atoms with van der Waals surface area (Å²) in [6.45, 7) is 1.79. The third kappa shape index (κ3) is 4.71.